The van der Waals surface area contributed by atoms with Gasteiger partial charge < -0.3 is 19.9 Å². The summed E-state index contributed by atoms with van der Waals surface area (Å²) in [7, 11) is 0. The molecule has 0 radical (unpaired) electrons. The largest absolute Gasteiger partial charge is 0.366 e. The van der Waals surface area contributed by atoms with Crippen molar-refractivity contribution in [2.24, 2.45) is 0 Å². The normalized spacial score (nSPS) is 46.1. The number of aromatic nitrogens is 4. The summed E-state index contributed by atoms with van der Waals surface area (Å²) in [4.78, 5) is 0. The van der Waals surface area contributed by atoms with Gasteiger partial charge in [-0.15, -0.1) is 0 Å². The minimum Gasteiger partial charge on any atom is -0.366 e. The second-order valence-corrected chi connectivity index (χ2v) is 4.11. The Morgan fingerprint density at radius 2 is 2.53 bits per heavy atom. The number of hydrogen-bond acceptors (Lipinski definition) is 7. The third kappa shape index (κ3) is 0.845. The third-order valence-electron chi connectivity index (χ3n) is 3.18. The van der Waals surface area contributed by atoms with E-state index in [4.69, 9.17) is 9.47 Å². The van der Waals surface area contributed by atoms with Crippen LogP contribution in [0.1, 0.15) is 12.5 Å². The monoisotopic (exact) mass is 211 g/mol. The smallest absolute Gasteiger partial charge is 0.245 e. The minimum absolute atomic E-state index is 0.0556. The molecule has 4 atom stereocenters. The molecular formula is C7H9N5O3. The first-order chi connectivity index (χ1) is 7.26. The lowest BCUT2D eigenvalue weighted by molar-refractivity contribution is -0.215. The Morgan fingerprint density at radius 3 is 3.47 bits per heavy atom. The summed E-state index contributed by atoms with van der Waals surface area (Å²) < 4.78 is 12.6. The number of ether oxygens (including phenoxy) is 2. The Labute approximate surface area is 84.2 Å². The van der Waals surface area contributed by atoms with Crippen molar-refractivity contribution in [1.29, 1.82) is 0 Å². The number of aliphatic hydroxyl groups is 1. The molecule has 80 valence electrons. The van der Waals surface area contributed by atoms with Crippen LogP contribution in [0.15, 0.2) is 0 Å². The molecule has 0 saturated carbocycles. The van der Waals surface area contributed by atoms with Crippen LogP contribution >= 0.6 is 0 Å². The second kappa shape index (κ2) is 2.29. The van der Waals surface area contributed by atoms with E-state index in [0.717, 1.165) is 0 Å². The van der Waals surface area contributed by atoms with Crippen LogP contribution in [0, 0.1) is 0 Å². The Morgan fingerprint density at radius 1 is 1.60 bits per heavy atom. The van der Waals surface area contributed by atoms with E-state index in [2.05, 4.69) is 20.8 Å². The van der Waals surface area contributed by atoms with Gasteiger partial charge in [-0.3, -0.25) is 0 Å². The van der Waals surface area contributed by atoms with Crippen molar-refractivity contribution in [1.82, 2.24) is 20.2 Å². The van der Waals surface area contributed by atoms with Crippen molar-refractivity contribution in [2.45, 2.75) is 30.6 Å². The molecule has 8 nitrogen and oxygen atoms in total. The first-order valence-electron chi connectivity index (χ1n) is 4.82. The van der Waals surface area contributed by atoms with E-state index >= 15 is 0 Å². The summed E-state index contributed by atoms with van der Waals surface area (Å²) in [5.41, 5.74) is -1.21. The molecule has 0 unspecified atom stereocenters. The first-order valence-corrected chi connectivity index (χ1v) is 4.82. The molecule has 2 saturated heterocycles. The van der Waals surface area contributed by atoms with Gasteiger partial charge in [0.25, 0.3) is 0 Å². The molecule has 3 aliphatic heterocycles. The van der Waals surface area contributed by atoms with E-state index in [9.17, 15) is 5.11 Å². The zero-order valence-corrected chi connectivity index (χ0v) is 7.70. The maximum absolute atomic E-state index is 10.3. The summed E-state index contributed by atoms with van der Waals surface area (Å²) in [6.07, 6.45) is -0.191. The first kappa shape index (κ1) is 7.97. The molecule has 0 spiro atoms. The van der Waals surface area contributed by atoms with Crippen LogP contribution < -0.4 is 5.32 Å². The number of nitrogens with zero attached hydrogens (tertiary/aromatic N) is 4. The summed E-state index contributed by atoms with van der Waals surface area (Å²) >= 11 is 0. The van der Waals surface area contributed by atoms with Crippen molar-refractivity contribution in [3.05, 3.63) is 0 Å². The maximum Gasteiger partial charge on any atom is 0.245 e. The van der Waals surface area contributed by atoms with Crippen molar-refractivity contribution in [2.75, 3.05) is 11.9 Å². The lowest BCUT2D eigenvalue weighted by atomic mass is 9.95. The lowest BCUT2D eigenvalue weighted by Gasteiger charge is -2.43. The van der Waals surface area contributed by atoms with Crippen LogP contribution in [-0.4, -0.2) is 50.0 Å². The zero-order valence-electron chi connectivity index (χ0n) is 7.70. The van der Waals surface area contributed by atoms with E-state index in [0.29, 0.717) is 19.0 Å². The van der Waals surface area contributed by atoms with E-state index < -0.39 is 12.0 Å². The van der Waals surface area contributed by atoms with E-state index in [1.54, 1.807) is 4.68 Å². The molecule has 4 bridgehead atoms. The fourth-order valence-corrected chi connectivity index (χ4v) is 2.47. The van der Waals surface area contributed by atoms with Gasteiger partial charge in [-0.2, -0.15) is 0 Å². The molecule has 4 heterocycles. The average Bonchev–Trinajstić information content (AvgIpc) is 2.80. The molecule has 1 aromatic rings. The number of tetrazole rings is 1. The van der Waals surface area contributed by atoms with Gasteiger partial charge in [0.1, 0.15) is 6.10 Å². The Hall–Kier alpha value is -1.25. The summed E-state index contributed by atoms with van der Waals surface area (Å²) in [6, 6.07) is -0.0556. The fourth-order valence-electron chi connectivity index (χ4n) is 2.47. The van der Waals surface area contributed by atoms with Gasteiger partial charge in [0.15, 0.2) is 5.72 Å². The molecule has 2 N–H and O–H groups in total. The Bertz CT molecular complexity index is 423. The number of fused-ring (bicyclic) bond motifs is 8. The summed E-state index contributed by atoms with van der Waals surface area (Å²) in [5, 5.41) is 24.4. The summed E-state index contributed by atoms with van der Waals surface area (Å²) in [5.74, 6) is 0.470. The van der Waals surface area contributed by atoms with Gasteiger partial charge in [0.2, 0.25) is 12.2 Å². The van der Waals surface area contributed by atoms with Crippen LogP contribution in [0.2, 0.25) is 0 Å². The quantitative estimate of drug-likeness (QED) is 0.537. The van der Waals surface area contributed by atoms with Crippen LogP contribution in [-0.2, 0) is 9.47 Å². The molecule has 2 fully saturated rings. The number of rotatable bonds is 0. The Balaban J connectivity index is 1.89. The third-order valence-corrected chi connectivity index (χ3v) is 3.18. The molecule has 0 amide bonds. The highest BCUT2D eigenvalue weighted by atomic mass is 16.7. The fraction of sp³-hybridized carbons (Fsp3) is 0.857. The topological polar surface area (TPSA) is 94.3 Å². The molecule has 8 heteroatoms. The maximum atomic E-state index is 10.3. The van der Waals surface area contributed by atoms with E-state index in [1.165, 1.54) is 0 Å². The Kier molecular flexibility index (Phi) is 1.21. The van der Waals surface area contributed by atoms with Crippen LogP contribution in [0.4, 0.5) is 5.95 Å². The van der Waals surface area contributed by atoms with Crippen molar-refractivity contribution >= 4 is 5.95 Å². The van der Waals surface area contributed by atoms with Gasteiger partial charge >= 0.3 is 0 Å². The molecule has 4 rings (SSSR count). The predicted molar refractivity (Wildman–Crippen MR) is 44.7 cm³/mol. The van der Waals surface area contributed by atoms with Gasteiger partial charge in [-0.25, -0.2) is 4.68 Å². The van der Waals surface area contributed by atoms with Crippen LogP contribution in [0.5, 0.6) is 0 Å². The minimum atomic E-state index is -1.21. The average molecular weight is 211 g/mol. The second-order valence-electron chi connectivity index (χ2n) is 4.11. The lowest BCUT2D eigenvalue weighted by Crippen LogP contribution is -2.58. The molecular weight excluding hydrogens is 202 g/mol. The highest BCUT2D eigenvalue weighted by molar-refractivity contribution is 5.32. The van der Waals surface area contributed by atoms with Crippen molar-refractivity contribution in [3.63, 3.8) is 0 Å². The molecule has 0 aliphatic carbocycles. The van der Waals surface area contributed by atoms with Gasteiger partial charge in [0.05, 0.1) is 12.6 Å². The van der Waals surface area contributed by atoms with Gasteiger partial charge in [-0.1, -0.05) is 5.10 Å². The summed E-state index contributed by atoms with van der Waals surface area (Å²) in [6.45, 7) is 0.471. The van der Waals surface area contributed by atoms with Gasteiger partial charge in [0, 0.05) is 6.42 Å². The SMILES string of the molecule is O[C@]12C[C@@H]([C@H]3CO[C@@H]1O3)n1nnnc1N2. The number of anilines is 1. The molecule has 15 heavy (non-hydrogen) atoms. The standard InChI is InChI=1S/C7H9N5O3/c13-7-1-3(4-2-14-5(7)15-4)12-6(8-7)9-10-11-12/h3-5,13H,1-2H2,(H,8,9,11)/t3-,4+,5+,7+/m0/s1. The molecule has 3 aliphatic rings. The molecule has 1 aromatic heterocycles. The zero-order chi connectivity index (χ0) is 10.0. The highest BCUT2D eigenvalue weighted by Gasteiger charge is 2.57. The predicted octanol–water partition coefficient (Wildman–Crippen LogP) is -1.53. The highest BCUT2D eigenvalue weighted by Crippen LogP contribution is 2.44. The van der Waals surface area contributed by atoms with Crippen LogP contribution in [0.25, 0.3) is 0 Å². The van der Waals surface area contributed by atoms with E-state index in [-0.39, 0.29) is 12.1 Å². The van der Waals surface area contributed by atoms with Crippen molar-refractivity contribution < 1.29 is 14.6 Å². The van der Waals surface area contributed by atoms with Gasteiger partial charge in [-0.05, 0) is 10.4 Å². The van der Waals surface area contributed by atoms with E-state index in [1.807, 2.05) is 0 Å². The number of nitrogens with one attached hydrogen (secondary N) is 1. The van der Waals surface area contributed by atoms with Crippen molar-refractivity contribution in [3.8, 4) is 0 Å². The number of hydrogen-bond donors (Lipinski definition) is 2. The molecule has 0 aromatic carbocycles. The van der Waals surface area contributed by atoms with Crippen LogP contribution in [0.3, 0.4) is 0 Å².